The topological polar surface area (TPSA) is 144 Å². The Morgan fingerprint density at radius 1 is 1.17 bits per heavy atom. The summed E-state index contributed by atoms with van der Waals surface area (Å²) < 4.78 is 24.3. The zero-order valence-electron chi connectivity index (χ0n) is 12.7. The summed E-state index contributed by atoms with van der Waals surface area (Å²) in [7, 11) is -3.88. The lowest BCUT2D eigenvalue weighted by atomic mass is 10.0. The zero-order chi connectivity index (χ0) is 17.6. The van der Waals surface area contributed by atoms with Gasteiger partial charge < -0.3 is 20.2 Å². The molecule has 0 bridgehead atoms. The first-order chi connectivity index (χ1) is 10.4. The molecule has 0 aromatic heterocycles. The maximum atomic E-state index is 12.5. The SMILES string of the molecule is CC1(C)CN(C(=O)c2cc(O)c(O)c(O)c2)CCN1S(N)(=O)=O. The van der Waals surface area contributed by atoms with Crippen molar-refractivity contribution in [3.05, 3.63) is 17.7 Å². The van der Waals surface area contributed by atoms with Crippen molar-refractivity contribution in [2.24, 2.45) is 5.14 Å². The van der Waals surface area contributed by atoms with E-state index in [1.807, 2.05) is 0 Å². The fourth-order valence-corrected chi connectivity index (χ4v) is 3.78. The molecule has 5 N–H and O–H groups in total. The Labute approximate surface area is 133 Å². The predicted molar refractivity (Wildman–Crippen MR) is 81.2 cm³/mol. The van der Waals surface area contributed by atoms with Crippen LogP contribution in [-0.4, -0.2) is 64.0 Å². The fraction of sp³-hybridized carbons (Fsp3) is 0.462. The number of carbonyl (C=O) groups is 1. The second-order valence-corrected chi connectivity index (χ2v) is 7.49. The fourth-order valence-electron chi connectivity index (χ4n) is 2.69. The van der Waals surface area contributed by atoms with E-state index in [0.29, 0.717) is 0 Å². The van der Waals surface area contributed by atoms with Crippen molar-refractivity contribution in [3.8, 4) is 17.2 Å². The Hall–Kier alpha value is -2.04. The molecule has 0 saturated carbocycles. The van der Waals surface area contributed by atoms with Gasteiger partial charge in [0.15, 0.2) is 17.2 Å². The number of benzene rings is 1. The third-order valence-electron chi connectivity index (χ3n) is 3.74. The summed E-state index contributed by atoms with van der Waals surface area (Å²) in [6.45, 7) is 3.52. The van der Waals surface area contributed by atoms with Gasteiger partial charge in [0.05, 0.1) is 0 Å². The Morgan fingerprint density at radius 3 is 2.13 bits per heavy atom. The van der Waals surface area contributed by atoms with Crippen LogP contribution in [0.5, 0.6) is 17.2 Å². The van der Waals surface area contributed by atoms with Crippen LogP contribution < -0.4 is 5.14 Å². The number of rotatable bonds is 2. The molecule has 0 spiro atoms. The number of phenolic OH excluding ortho intramolecular Hbond substituents is 3. The number of piperazine rings is 1. The number of phenols is 3. The van der Waals surface area contributed by atoms with Gasteiger partial charge in [0.2, 0.25) is 0 Å². The molecule has 23 heavy (non-hydrogen) atoms. The molecule has 1 aromatic rings. The molecule has 0 atom stereocenters. The molecule has 1 heterocycles. The van der Waals surface area contributed by atoms with E-state index < -0.39 is 38.9 Å². The molecular formula is C13H19N3O6S. The molecule has 1 aliphatic heterocycles. The highest BCUT2D eigenvalue weighted by Gasteiger charge is 2.41. The van der Waals surface area contributed by atoms with Crippen LogP contribution in [0.2, 0.25) is 0 Å². The van der Waals surface area contributed by atoms with Crippen LogP contribution in [0.3, 0.4) is 0 Å². The molecule has 2 rings (SSSR count). The van der Waals surface area contributed by atoms with E-state index >= 15 is 0 Å². The third-order valence-corrected chi connectivity index (χ3v) is 5.03. The van der Waals surface area contributed by atoms with Crippen molar-refractivity contribution in [1.82, 2.24) is 9.21 Å². The van der Waals surface area contributed by atoms with Gasteiger partial charge in [0, 0.05) is 30.7 Å². The monoisotopic (exact) mass is 345 g/mol. The van der Waals surface area contributed by atoms with Gasteiger partial charge in [0.25, 0.3) is 16.1 Å². The largest absolute Gasteiger partial charge is 0.504 e. The first-order valence-electron chi connectivity index (χ1n) is 6.78. The molecule has 9 nitrogen and oxygen atoms in total. The Bertz CT molecular complexity index is 723. The summed E-state index contributed by atoms with van der Waals surface area (Å²) in [5.74, 6) is -2.44. The van der Waals surface area contributed by atoms with E-state index in [1.54, 1.807) is 13.8 Å². The number of hydrogen-bond acceptors (Lipinski definition) is 6. The second kappa shape index (κ2) is 5.55. The second-order valence-electron chi connectivity index (χ2n) is 6.02. The first kappa shape index (κ1) is 17.3. The predicted octanol–water partition coefficient (Wildman–Crippen LogP) is -0.457. The van der Waals surface area contributed by atoms with Crippen LogP contribution in [-0.2, 0) is 10.2 Å². The lowest BCUT2D eigenvalue weighted by molar-refractivity contribution is 0.0494. The molecule has 1 saturated heterocycles. The summed E-state index contributed by atoms with van der Waals surface area (Å²) in [6.07, 6.45) is 0. The highest BCUT2D eigenvalue weighted by Crippen LogP contribution is 2.36. The number of carbonyl (C=O) groups excluding carboxylic acids is 1. The van der Waals surface area contributed by atoms with E-state index in [1.165, 1.54) is 4.90 Å². The Kier molecular flexibility index (Phi) is 4.18. The standard InChI is InChI=1S/C13H19N3O6S/c1-13(2)7-15(3-4-16(13)23(14,21)22)12(20)8-5-9(17)11(19)10(18)6-8/h5-6,17-19H,3-4,7H2,1-2H3,(H2,14,21,22). The van der Waals surface area contributed by atoms with Crippen molar-refractivity contribution in [2.75, 3.05) is 19.6 Å². The minimum absolute atomic E-state index is 0.0161. The molecule has 1 amide bonds. The molecule has 128 valence electrons. The summed E-state index contributed by atoms with van der Waals surface area (Å²) in [4.78, 5) is 13.9. The maximum absolute atomic E-state index is 12.5. The van der Waals surface area contributed by atoms with E-state index in [2.05, 4.69) is 0 Å². The van der Waals surface area contributed by atoms with Crippen LogP contribution in [0, 0.1) is 0 Å². The van der Waals surface area contributed by atoms with Crippen LogP contribution in [0.25, 0.3) is 0 Å². The summed E-state index contributed by atoms with van der Waals surface area (Å²) in [5, 5.41) is 33.5. The molecule has 0 radical (unpaired) electrons. The number of nitrogens with two attached hydrogens (primary N) is 1. The van der Waals surface area contributed by atoms with Gasteiger partial charge in [-0.05, 0) is 26.0 Å². The van der Waals surface area contributed by atoms with Crippen molar-refractivity contribution < 1.29 is 28.5 Å². The van der Waals surface area contributed by atoms with E-state index in [0.717, 1.165) is 16.4 Å². The van der Waals surface area contributed by atoms with E-state index in [4.69, 9.17) is 5.14 Å². The van der Waals surface area contributed by atoms with Gasteiger partial charge in [0.1, 0.15) is 0 Å². The summed E-state index contributed by atoms with van der Waals surface area (Å²) >= 11 is 0. The van der Waals surface area contributed by atoms with Gasteiger partial charge in [-0.2, -0.15) is 12.7 Å². The minimum atomic E-state index is -3.88. The van der Waals surface area contributed by atoms with Crippen LogP contribution in [0.15, 0.2) is 12.1 Å². The van der Waals surface area contributed by atoms with Crippen molar-refractivity contribution in [2.45, 2.75) is 19.4 Å². The maximum Gasteiger partial charge on any atom is 0.277 e. The van der Waals surface area contributed by atoms with Gasteiger partial charge in [-0.3, -0.25) is 4.79 Å². The lowest BCUT2D eigenvalue weighted by Crippen LogP contribution is -2.63. The quantitative estimate of drug-likeness (QED) is 0.534. The summed E-state index contributed by atoms with van der Waals surface area (Å²) in [5.41, 5.74) is -0.916. The number of aromatic hydroxyl groups is 3. The van der Waals surface area contributed by atoms with Gasteiger partial charge in [-0.1, -0.05) is 0 Å². The smallest absolute Gasteiger partial charge is 0.277 e. The molecule has 1 aromatic carbocycles. The molecule has 10 heteroatoms. The highest BCUT2D eigenvalue weighted by atomic mass is 32.2. The highest BCUT2D eigenvalue weighted by molar-refractivity contribution is 7.86. The number of nitrogens with zero attached hydrogens (tertiary/aromatic N) is 2. The van der Waals surface area contributed by atoms with Crippen LogP contribution >= 0.6 is 0 Å². The van der Waals surface area contributed by atoms with Gasteiger partial charge in [-0.15, -0.1) is 0 Å². The third kappa shape index (κ3) is 3.33. The van der Waals surface area contributed by atoms with Crippen LogP contribution in [0.1, 0.15) is 24.2 Å². The summed E-state index contributed by atoms with van der Waals surface area (Å²) in [6, 6.07) is 2.08. The lowest BCUT2D eigenvalue weighted by Gasteiger charge is -2.45. The van der Waals surface area contributed by atoms with Gasteiger partial charge >= 0.3 is 0 Å². The molecule has 1 fully saturated rings. The van der Waals surface area contributed by atoms with Crippen molar-refractivity contribution >= 4 is 16.1 Å². The molecular weight excluding hydrogens is 326 g/mol. The Morgan fingerprint density at radius 2 is 1.70 bits per heavy atom. The molecule has 0 aliphatic carbocycles. The molecule has 0 unspecified atom stereocenters. The molecule has 1 aliphatic rings. The first-order valence-corrected chi connectivity index (χ1v) is 8.28. The number of hydrogen-bond donors (Lipinski definition) is 4. The normalized spacial score (nSPS) is 18.8. The van der Waals surface area contributed by atoms with E-state index in [-0.39, 0.29) is 25.2 Å². The van der Waals surface area contributed by atoms with E-state index in [9.17, 15) is 28.5 Å². The number of amides is 1. The van der Waals surface area contributed by atoms with Crippen molar-refractivity contribution in [1.29, 1.82) is 0 Å². The Balaban J connectivity index is 2.26. The zero-order valence-corrected chi connectivity index (χ0v) is 13.5. The van der Waals surface area contributed by atoms with Crippen LogP contribution in [0.4, 0.5) is 0 Å². The average Bonchev–Trinajstić information content (AvgIpc) is 2.40. The van der Waals surface area contributed by atoms with Crippen molar-refractivity contribution in [3.63, 3.8) is 0 Å². The van der Waals surface area contributed by atoms with Gasteiger partial charge in [-0.25, -0.2) is 5.14 Å². The average molecular weight is 345 g/mol. The minimum Gasteiger partial charge on any atom is -0.504 e.